The molecule has 1 N–H and O–H groups in total. The van der Waals surface area contributed by atoms with Gasteiger partial charge in [0.05, 0.1) is 5.54 Å². The number of alkyl halides is 2. The SMILES string of the molecule is CCC(CCl)(CCl)NC(=O)C1CCOCC1. The summed E-state index contributed by atoms with van der Waals surface area (Å²) >= 11 is 11.8. The molecule has 0 aromatic carbocycles. The van der Waals surface area contributed by atoms with Crippen LogP contribution in [0.2, 0.25) is 0 Å². The molecule has 3 nitrogen and oxygen atoms in total. The minimum absolute atomic E-state index is 0.0473. The van der Waals surface area contributed by atoms with Crippen LogP contribution in [-0.2, 0) is 9.53 Å². The van der Waals surface area contributed by atoms with Gasteiger partial charge in [0.2, 0.25) is 5.91 Å². The van der Waals surface area contributed by atoms with Crippen molar-refractivity contribution < 1.29 is 9.53 Å². The molecule has 0 unspecified atom stereocenters. The third kappa shape index (κ3) is 3.51. The van der Waals surface area contributed by atoms with Gasteiger partial charge in [0.25, 0.3) is 0 Å². The van der Waals surface area contributed by atoms with Gasteiger partial charge < -0.3 is 10.1 Å². The molecule has 1 amide bonds. The predicted octanol–water partition coefficient (Wildman–Crippen LogP) is 2.16. The summed E-state index contributed by atoms with van der Waals surface area (Å²) in [7, 11) is 0. The third-order valence-corrected chi connectivity index (χ3v) is 4.19. The first-order chi connectivity index (χ1) is 7.67. The fraction of sp³-hybridized carbons (Fsp3) is 0.909. The molecule has 0 atom stereocenters. The van der Waals surface area contributed by atoms with Gasteiger partial charge in [-0.2, -0.15) is 0 Å². The predicted molar refractivity (Wildman–Crippen MR) is 66.1 cm³/mol. The largest absolute Gasteiger partial charge is 0.381 e. The summed E-state index contributed by atoms with van der Waals surface area (Å²) in [6.07, 6.45) is 2.32. The van der Waals surface area contributed by atoms with Gasteiger partial charge in [-0.25, -0.2) is 0 Å². The Labute approximate surface area is 107 Å². The maximum atomic E-state index is 12.0. The average Bonchev–Trinajstić information content (AvgIpc) is 2.37. The van der Waals surface area contributed by atoms with Crippen molar-refractivity contribution in [1.29, 1.82) is 0 Å². The first-order valence-corrected chi connectivity index (χ1v) is 6.76. The van der Waals surface area contributed by atoms with Crippen LogP contribution in [0.4, 0.5) is 0 Å². The Morgan fingerprint density at radius 2 is 1.94 bits per heavy atom. The minimum Gasteiger partial charge on any atom is -0.381 e. The summed E-state index contributed by atoms with van der Waals surface area (Å²) in [5, 5.41) is 2.99. The first-order valence-electron chi connectivity index (χ1n) is 5.69. The van der Waals surface area contributed by atoms with E-state index in [9.17, 15) is 4.79 Å². The molecule has 0 spiro atoms. The first kappa shape index (κ1) is 14.1. The number of hydrogen-bond donors (Lipinski definition) is 1. The third-order valence-electron chi connectivity index (χ3n) is 3.17. The minimum atomic E-state index is -0.460. The maximum Gasteiger partial charge on any atom is 0.223 e. The van der Waals surface area contributed by atoms with Crippen molar-refractivity contribution in [2.75, 3.05) is 25.0 Å². The summed E-state index contributed by atoms with van der Waals surface area (Å²) in [4.78, 5) is 12.0. The number of hydrogen-bond acceptors (Lipinski definition) is 2. The number of halogens is 2. The van der Waals surface area contributed by atoms with E-state index in [2.05, 4.69) is 5.32 Å². The fourth-order valence-electron chi connectivity index (χ4n) is 1.70. The van der Waals surface area contributed by atoms with Crippen molar-refractivity contribution in [3.8, 4) is 0 Å². The van der Waals surface area contributed by atoms with Crippen LogP contribution in [0, 0.1) is 5.92 Å². The van der Waals surface area contributed by atoms with E-state index in [4.69, 9.17) is 27.9 Å². The number of carbonyl (C=O) groups excluding carboxylic acids is 1. The quantitative estimate of drug-likeness (QED) is 0.776. The molecule has 0 saturated carbocycles. The maximum absolute atomic E-state index is 12.0. The Kier molecular flexibility index (Phi) is 5.87. The number of rotatable bonds is 5. The highest BCUT2D eigenvalue weighted by atomic mass is 35.5. The van der Waals surface area contributed by atoms with E-state index in [-0.39, 0.29) is 11.8 Å². The average molecular weight is 268 g/mol. The van der Waals surface area contributed by atoms with Gasteiger partial charge in [0.15, 0.2) is 0 Å². The molecule has 94 valence electrons. The van der Waals surface area contributed by atoms with Crippen molar-refractivity contribution >= 4 is 29.1 Å². The molecular formula is C11H19Cl2NO2. The second-order valence-electron chi connectivity index (χ2n) is 4.28. The van der Waals surface area contributed by atoms with Crippen LogP contribution in [-0.4, -0.2) is 36.4 Å². The Morgan fingerprint density at radius 3 is 2.38 bits per heavy atom. The van der Waals surface area contributed by atoms with Crippen molar-refractivity contribution in [1.82, 2.24) is 5.32 Å². The van der Waals surface area contributed by atoms with Gasteiger partial charge in [-0.15, -0.1) is 23.2 Å². The van der Waals surface area contributed by atoms with Gasteiger partial charge in [-0.05, 0) is 19.3 Å². The Balaban J connectivity index is 2.53. The highest BCUT2D eigenvalue weighted by Gasteiger charge is 2.31. The van der Waals surface area contributed by atoms with Crippen LogP contribution in [0.1, 0.15) is 26.2 Å². The molecule has 0 radical (unpaired) electrons. The smallest absolute Gasteiger partial charge is 0.223 e. The molecule has 0 aromatic heterocycles. The lowest BCUT2D eigenvalue weighted by Crippen LogP contribution is -2.53. The van der Waals surface area contributed by atoms with Crippen LogP contribution in [0.3, 0.4) is 0 Å². The summed E-state index contributed by atoms with van der Waals surface area (Å²) in [5.41, 5.74) is -0.460. The molecule has 1 saturated heterocycles. The van der Waals surface area contributed by atoms with Crippen molar-refractivity contribution in [3.05, 3.63) is 0 Å². The molecular weight excluding hydrogens is 249 g/mol. The number of nitrogens with one attached hydrogen (secondary N) is 1. The van der Waals surface area contributed by atoms with Gasteiger partial charge >= 0.3 is 0 Å². The molecule has 16 heavy (non-hydrogen) atoms. The number of carbonyl (C=O) groups is 1. The summed E-state index contributed by atoms with van der Waals surface area (Å²) in [6.45, 7) is 3.31. The lowest BCUT2D eigenvalue weighted by molar-refractivity contribution is -0.129. The standard InChI is InChI=1S/C11H19Cl2NO2/c1-2-11(7-12,8-13)14-10(15)9-3-5-16-6-4-9/h9H,2-8H2,1H3,(H,14,15). The molecule has 1 fully saturated rings. The van der Waals surface area contributed by atoms with E-state index in [0.29, 0.717) is 25.0 Å². The molecule has 1 aliphatic heterocycles. The molecule has 0 aromatic rings. The Hall–Kier alpha value is 0.01000. The zero-order chi connectivity index (χ0) is 12.0. The molecule has 0 aliphatic carbocycles. The molecule has 1 rings (SSSR count). The van der Waals surface area contributed by atoms with Crippen LogP contribution < -0.4 is 5.32 Å². The van der Waals surface area contributed by atoms with Gasteiger partial charge in [-0.3, -0.25) is 4.79 Å². The summed E-state index contributed by atoms with van der Waals surface area (Å²) in [6, 6.07) is 0. The molecule has 0 bridgehead atoms. The lowest BCUT2D eigenvalue weighted by atomic mass is 9.95. The van der Waals surface area contributed by atoms with Gasteiger partial charge in [0.1, 0.15) is 0 Å². The second kappa shape index (κ2) is 6.67. The Morgan fingerprint density at radius 1 is 1.38 bits per heavy atom. The zero-order valence-electron chi connectivity index (χ0n) is 9.60. The fourth-order valence-corrected chi connectivity index (χ4v) is 2.50. The van der Waals surface area contributed by atoms with Crippen LogP contribution in [0.25, 0.3) is 0 Å². The highest BCUT2D eigenvalue weighted by Crippen LogP contribution is 2.19. The number of amides is 1. The van der Waals surface area contributed by atoms with E-state index >= 15 is 0 Å². The molecule has 5 heteroatoms. The Bertz CT molecular complexity index is 218. The molecule has 1 heterocycles. The van der Waals surface area contributed by atoms with Gasteiger partial charge in [-0.1, -0.05) is 6.92 Å². The zero-order valence-corrected chi connectivity index (χ0v) is 11.1. The topological polar surface area (TPSA) is 38.3 Å². The summed E-state index contributed by atoms with van der Waals surface area (Å²) in [5.74, 6) is 0.807. The monoisotopic (exact) mass is 267 g/mol. The van der Waals surface area contributed by atoms with Crippen molar-refractivity contribution in [2.45, 2.75) is 31.7 Å². The second-order valence-corrected chi connectivity index (χ2v) is 4.81. The van der Waals surface area contributed by atoms with E-state index in [0.717, 1.165) is 19.3 Å². The molecule has 1 aliphatic rings. The lowest BCUT2D eigenvalue weighted by Gasteiger charge is -2.32. The van der Waals surface area contributed by atoms with Crippen LogP contribution in [0.5, 0.6) is 0 Å². The normalized spacial score (nSPS) is 18.4. The van der Waals surface area contributed by atoms with Crippen LogP contribution >= 0.6 is 23.2 Å². The van der Waals surface area contributed by atoms with Gasteiger partial charge in [0, 0.05) is 30.9 Å². The highest BCUT2D eigenvalue weighted by molar-refractivity contribution is 6.22. The number of ether oxygens (including phenoxy) is 1. The summed E-state index contributed by atoms with van der Waals surface area (Å²) < 4.78 is 5.23. The van der Waals surface area contributed by atoms with Crippen LogP contribution in [0.15, 0.2) is 0 Å². The van der Waals surface area contributed by atoms with E-state index in [1.54, 1.807) is 0 Å². The van der Waals surface area contributed by atoms with E-state index in [1.165, 1.54) is 0 Å². The van der Waals surface area contributed by atoms with E-state index < -0.39 is 5.54 Å². The van der Waals surface area contributed by atoms with Crippen molar-refractivity contribution in [3.63, 3.8) is 0 Å². The van der Waals surface area contributed by atoms with E-state index in [1.807, 2.05) is 6.92 Å². The van der Waals surface area contributed by atoms with Crippen molar-refractivity contribution in [2.24, 2.45) is 5.92 Å².